The van der Waals surface area contributed by atoms with Crippen molar-refractivity contribution in [3.8, 4) is 0 Å². The van der Waals surface area contributed by atoms with Gasteiger partial charge >= 0.3 is 0 Å². The number of carbonyl (C=O) groups excluding carboxylic acids is 1. The maximum absolute atomic E-state index is 12.4. The van der Waals surface area contributed by atoms with Gasteiger partial charge in [0, 0.05) is 15.8 Å². The summed E-state index contributed by atoms with van der Waals surface area (Å²) in [4.78, 5) is 12.4. The first-order valence-corrected chi connectivity index (χ1v) is 9.60. The Morgan fingerprint density at radius 1 is 1.17 bits per heavy atom. The highest BCUT2D eigenvalue weighted by Gasteiger charge is 2.18. The van der Waals surface area contributed by atoms with E-state index in [1.54, 1.807) is 23.9 Å². The normalized spacial score (nSPS) is 13.4. The van der Waals surface area contributed by atoms with Gasteiger partial charge in [0.1, 0.15) is 0 Å². The Hall–Kier alpha value is -1.16. The molecule has 0 aliphatic rings. The summed E-state index contributed by atoms with van der Waals surface area (Å²) in [7, 11) is 0. The lowest BCUT2D eigenvalue weighted by atomic mass is 10.1. The summed E-state index contributed by atoms with van der Waals surface area (Å²) in [5.74, 6) is 0.823. The standard InChI is InChI=1S/C19H21Cl2NOS/c1-12-6-4-5-7-15(12)11-24-14(3)19(23)22-13(2)17-9-8-16(20)10-18(17)21/h4-10,13-14H,11H2,1-3H3,(H,22,23)/t13-,14-/m0/s1. The molecule has 2 aromatic rings. The molecule has 2 rings (SSSR count). The van der Waals surface area contributed by atoms with Crippen molar-refractivity contribution in [1.82, 2.24) is 5.32 Å². The van der Waals surface area contributed by atoms with Crippen LogP contribution in [-0.2, 0) is 10.5 Å². The number of hydrogen-bond acceptors (Lipinski definition) is 2. The van der Waals surface area contributed by atoms with Crippen molar-refractivity contribution in [1.29, 1.82) is 0 Å². The number of thioether (sulfide) groups is 1. The molecule has 1 amide bonds. The van der Waals surface area contributed by atoms with Gasteiger partial charge in [-0.3, -0.25) is 4.79 Å². The van der Waals surface area contributed by atoms with Crippen LogP contribution in [0.2, 0.25) is 10.0 Å². The van der Waals surface area contributed by atoms with E-state index in [2.05, 4.69) is 24.4 Å². The highest BCUT2D eigenvalue weighted by molar-refractivity contribution is 7.99. The summed E-state index contributed by atoms with van der Waals surface area (Å²) in [6, 6.07) is 13.4. The minimum absolute atomic E-state index is 0.00657. The number of benzene rings is 2. The Balaban J connectivity index is 1.92. The predicted molar refractivity (Wildman–Crippen MR) is 105 cm³/mol. The first kappa shape index (κ1) is 19.2. The van der Waals surface area contributed by atoms with E-state index >= 15 is 0 Å². The lowest BCUT2D eigenvalue weighted by molar-refractivity contribution is -0.120. The molecule has 24 heavy (non-hydrogen) atoms. The predicted octanol–water partition coefficient (Wildman–Crippen LogP) is 5.80. The van der Waals surface area contributed by atoms with E-state index in [0.29, 0.717) is 10.0 Å². The number of rotatable bonds is 6. The maximum Gasteiger partial charge on any atom is 0.233 e. The van der Waals surface area contributed by atoms with E-state index in [-0.39, 0.29) is 17.2 Å². The molecule has 2 atom stereocenters. The smallest absolute Gasteiger partial charge is 0.233 e. The number of hydrogen-bond donors (Lipinski definition) is 1. The second-order valence-corrected chi connectivity index (χ2v) is 7.95. The van der Waals surface area contributed by atoms with Gasteiger partial charge in [-0.1, -0.05) is 53.5 Å². The molecule has 0 saturated heterocycles. The quantitative estimate of drug-likeness (QED) is 0.684. The van der Waals surface area contributed by atoms with E-state index < -0.39 is 0 Å². The van der Waals surface area contributed by atoms with Crippen LogP contribution in [0.5, 0.6) is 0 Å². The van der Waals surface area contributed by atoms with Crippen molar-refractivity contribution in [2.24, 2.45) is 0 Å². The van der Waals surface area contributed by atoms with Crippen molar-refractivity contribution < 1.29 is 4.79 Å². The van der Waals surface area contributed by atoms with Crippen LogP contribution in [0.1, 0.15) is 36.6 Å². The molecule has 0 aliphatic carbocycles. The van der Waals surface area contributed by atoms with Gasteiger partial charge in [0.15, 0.2) is 0 Å². The molecule has 2 nitrogen and oxygen atoms in total. The minimum atomic E-state index is -0.163. The number of nitrogens with one attached hydrogen (secondary N) is 1. The van der Waals surface area contributed by atoms with Crippen molar-refractivity contribution in [3.63, 3.8) is 0 Å². The van der Waals surface area contributed by atoms with Crippen molar-refractivity contribution in [3.05, 3.63) is 69.2 Å². The Labute approximate surface area is 157 Å². The SMILES string of the molecule is Cc1ccccc1CS[C@@H](C)C(=O)N[C@@H](C)c1ccc(Cl)cc1Cl. The third-order valence-corrected chi connectivity index (χ3v) is 5.66. The zero-order chi connectivity index (χ0) is 17.7. The third kappa shape index (κ3) is 5.17. The van der Waals surface area contributed by atoms with Gasteiger partial charge in [-0.15, -0.1) is 11.8 Å². The van der Waals surface area contributed by atoms with Gasteiger partial charge in [-0.2, -0.15) is 0 Å². The van der Waals surface area contributed by atoms with Crippen LogP contribution < -0.4 is 5.32 Å². The topological polar surface area (TPSA) is 29.1 Å². The number of carbonyl (C=O) groups is 1. The first-order chi connectivity index (χ1) is 11.4. The van der Waals surface area contributed by atoms with Crippen LogP contribution in [0.4, 0.5) is 0 Å². The average molecular weight is 382 g/mol. The largest absolute Gasteiger partial charge is 0.349 e. The van der Waals surface area contributed by atoms with Crippen LogP contribution in [0, 0.1) is 6.92 Å². The molecule has 0 fully saturated rings. The molecule has 1 N–H and O–H groups in total. The van der Waals surface area contributed by atoms with Gasteiger partial charge in [-0.05, 0) is 49.6 Å². The molecule has 0 bridgehead atoms. The molecule has 0 heterocycles. The summed E-state index contributed by atoms with van der Waals surface area (Å²) in [6.07, 6.45) is 0. The van der Waals surface area contributed by atoms with E-state index in [4.69, 9.17) is 23.2 Å². The molecule has 128 valence electrons. The molecule has 2 aromatic carbocycles. The van der Waals surface area contributed by atoms with Crippen LogP contribution >= 0.6 is 35.0 Å². The number of halogens is 2. The highest BCUT2D eigenvalue weighted by atomic mass is 35.5. The van der Waals surface area contributed by atoms with Crippen LogP contribution in [0.15, 0.2) is 42.5 Å². The molecule has 0 radical (unpaired) electrons. The fourth-order valence-corrected chi connectivity index (χ4v) is 3.87. The third-order valence-electron chi connectivity index (χ3n) is 3.91. The number of aryl methyl sites for hydroxylation is 1. The lowest BCUT2D eigenvalue weighted by Crippen LogP contribution is -2.33. The summed E-state index contributed by atoms with van der Waals surface area (Å²) in [5.41, 5.74) is 3.38. The molecule has 0 saturated carbocycles. The average Bonchev–Trinajstić information content (AvgIpc) is 2.53. The summed E-state index contributed by atoms with van der Waals surface area (Å²) in [5, 5.41) is 4.03. The van der Waals surface area contributed by atoms with Crippen LogP contribution in [0.3, 0.4) is 0 Å². The van der Waals surface area contributed by atoms with Crippen LogP contribution in [-0.4, -0.2) is 11.2 Å². The van der Waals surface area contributed by atoms with Gasteiger partial charge in [-0.25, -0.2) is 0 Å². The molecule has 0 spiro atoms. The molecular formula is C19H21Cl2NOS. The van der Waals surface area contributed by atoms with E-state index in [0.717, 1.165) is 11.3 Å². The Kier molecular flexibility index (Phi) is 7.02. The maximum atomic E-state index is 12.4. The van der Waals surface area contributed by atoms with Gasteiger partial charge in [0.05, 0.1) is 11.3 Å². The van der Waals surface area contributed by atoms with E-state index in [1.165, 1.54) is 11.1 Å². The molecular weight excluding hydrogens is 361 g/mol. The molecule has 0 unspecified atom stereocenters. The Morgan fingerprint density at radius 3 is 2.54 bits per heavy atom. The second-order valence-electron chi connectivity index (χ2n) is 5.78. The summed E-state index contributed by atoms with van der Waals surface area (Å²) < 4.78 is 0. The summed E-state index contributed by atoms with van der Waals surface area (Å²) in [6.45, 7) is 5.94. The number of amides is 1. The van der Waals surface area contributed by atoms with Gasteiger partial charge in [0.2, 0.25) is 5.91 Å². The first-order valence-electron chi connectivity index (χ1n) is 7.80. The van der Waals surface area contributed by atoms with E-state index in [9.17, 15) is 4.79 Å². The Morgan fingerprint density at radius 2 is 1.88 bits per heavy atom. The van der Waals surface area contributed by atoms with Gasteiger partial charge < -0.3 is 5.32 Å². The zero-order valence-electron chi connectivity index (χ0n) is 14.0. The van der Waals surface area contributed by atoms with Crippen molar-refractivity contribution in [2.75, 3.05) is 0 Å². The van der Waals surface area contributed by atoms with Crippen molar-refractivity contribution >= 4 is 40.9 Å². The fourth-order valence-electron chi connectivity index (χ4n) is 2.32. The van der Waals surface area contributed by atoms with E-state index in [1.807, 2.05) is 32.0 Å². The molecule has 0 aliphatic heterocycles. The molecule has 0 aromatic heterocycles. The fraction of sp³-hybridized carbons (Fsp3) is 0.316. The lowest BCUT2D eigenvalue weighted by Gasteiger charge is -2.19. The zero-order valence-corrected chi connectivity index (χ0v) is 16.3. The Bertz CT molecular complexity index is 720. The minimum Gasteiger partial charge on any atom is -0.349 e. The van der Waals surface area contributed by atoms with Gasteiger partial charge in [0.25, 0.3) is 0 Å². The summed E-state index contributed by atoms with van der Waals surface area (Å²) >= 11 is 13.7. The van der Waals surface area contributed by atoms with Crippen molar-refractivity contribution in [2.45, 2.75) is 37.8 Å². The van der Waals surface area contributed by atoms with Crippen LogP contribution in [0.25, 0.3) is 0 Å². The molecule has 5 heteroatoms. The highest BCUT2D eigenvalue weighted by Crippen LogP contribution is 2.27. The monoisotopic (exact) mass is 381 g/mol. The second kappa shape index (κ2) is 8.80.